The van der Waals surface area contributed by atoms with E-state index in [0.717, 1.165) is 17.1 Å². The molecule has 0 unspecified atom stereocenters. The van der Waals surface area contributed by atoms with Crippen LogP contribution in [0.2, 0.25) is 5.02 Å². The summed E-state index contributed by atoms with van der Waals surface area (Å²) < 4.78 is 0. The smallest absolute Gasteiger partial charge is 0.244 e. The van der Waals surface area contributed by atoms with Crippen molar-refractivity contribution in [3.8, 4) is 0 Å². The average Bonchev–Trinajstić information content (AvgIpc) is 2.38. The van der Waals surface area contributed by atoms with Gasteiger partial charge in [-0.2, -0.15) is 0 Å². The van der Waals surface area contributed by atoms with Gasteiger partial charge in [-0.05, 0) is 30.3 Å². The highest BCUT2D eigenvalue weighted by molar-refractivity contribution is 6.30. The van der Waals surface area contributed by atoms with E-state index in [0.29, 0.717) is 11.6 Å². The molecular formula is C13H10ClN3O. The molecule has 1 aliphatic heterocycles. The summed E-state index contributed by atoms with van der Waals surface area (Å²) in [7, 11) is 0. The van der Waals surface area contributed by atoms with Gasteiger partial charge in [-0.3, -0.25) is 9.78 Å². The minimum absolute atomic E-state index is 0.0505. The molecule has 3 rings (SSSR count). The van der Waals surface area contributed by atoms with Crippen LogP contribution in [-0.2, 0) is 4.79 Å². The summed E-state index contributed by atoms with van der Waals surface area (Å²) in [6.07, 6.45) is 3.36. The van der Waals surface area contributed by atoms with E-state index in [1.54, 1.807) is 12.4 Å². The van der Waals surface area contributed by atoms with Crippen LogP contribution < -0.4 is 10.2 Å². The van der Waals surface area contributed by atoms with E-state index in [1.807, 2.05) is 35.2 Å². The first-order valence-corrected chi connectivity index (χ1v) is 5.89. The summed E-state index contributed by atoms with van der Waals surface area (Å²) in [5.41, 5.74) is 2.59. The molecule has 1 N–H and O–H groups in total. The molecule has 4 nitrogen and oxygen atoms in total. The van der Waals surface area contributed by atoms with E-state index in [-0.39, 0.29) is 5.91 Å². The Hall–Kier alpha value is -2.07. The molecule has 2 heterocycles. The van der Waals surface area contributed by atoms with Gasteiger partial charge in [-0.1, -0.05) is 11.6 Å². The summed E-state index contributed by atoms with van der Waals surface area (Å²) >= 11 is 5.87. The van der Waals surface area contributed by atoms with Crippen molar-refractivity contribution in [2.75, 3.05) is 16.8 Å². The Bertz CT molecular complexity index is 597. The molecule has 1 aromatic carbocycles. The minimum atomic E-state index is -0.0505. The number of pyridine rings is 1. The van der Waals surface area contributed by atoms with E-state index in [1.165, 1.54) is 0 Å². The van der Waals surface area contributed by atoms with E-state index in [4.69, 9.17) is 11.6 Å². The van der Waals surface area contributed by atoms with Gasteiger partial charge in [0, 0.05) is 16.9 Å². The fraction of sp³-hybridized carbons (Fsp3) is 0.0769. The second kappa shape index (κ2) is 4.31. The van der Waals surface area contributed by atoms with Crippen molar-refractivity contribution in [1.29, 1.82) is 0 Å². The van der Waals surface area contributed by atoms with Gasteiger partial charge < -0.3 is 10.2 Å². The lowest BCUT2D eigenvalue weighted by molar-refractivity contribution is -0.115. The zero-order valence-corrected chi connectivity index (χ0v) is 10.2. The molecule has 1 amide bonds. The van der Waals surface area contributed by atoms with Crippen LogP contribution in [0.1, 0.15) is 0 Å². The van der Waals surface area contributed by atoms with Crippen LogP contribution in [0.3, 0.4) is 0 Å². The molecule has 0 radical (unpaired) electrons. The highest BCUT2D eigenvalue weighted by Gasteiger charge is 2.22. The maximum atomic E-state index is 11.7. The van der Waals surface area contributed by atoms with Crippen LogP contribution in [0.25, 0.3) is 0 Å². The van der Waals surface area contributed by atoms with Crippen LogP contribution in [0.5, 0.6) is 0 Å². The number of fused-ring (bicyclic) bond motifs is 1. The second-order valence-electron chi connectivity index (χ2n) is 4.00. The van der Waals surface area contributed by atoms with Gasteiger partial charge in [0.15, 0.2) is 0 Å². The molecule has 0 fully saturated rings. The number of amides is 1. The van der Waals surface area contributed by atoms with Crippen molar-refractivity contribution in [3.63, 3.8) is 0 Å². The molecule has 90 valence electrons. The summed E-state index contributed by atoms with van der Waals surface area (Å²) in [4.78, 5) is 17.6. The molecule has 0 saturated carbocycles. The van der Waals surface area contributed by atoms with Gasteiger partial charge in [0.25, 0.3) is 0 Å². The fourth-order valence-corrected chi connectivity index (χ4v) is 2.11. The minimum Gasteiger partial charge on any atom is -0.330 e. The third kappa shape index (κ3) is 1.91. The summed E-state index contributed by atoms with van der Waals surface area (Å²) in [6, 6.07) is 9.29. The molecule has 0 bridgehead atoms. The van der Waals surface area contributed by atoms with Crippen LogP contribution in [0.4, 0.5) is 17.1 Å². The number of carbonyl (C=O) groups is 1. The Balaban J connectivity index is 2.07. The quantitative estimate of drug-likeness (QED) is 0.857. The topological polar surface area (TPSA) is 45.2 Å². The summed E-state index contributed by atoms with van der Waals surface area (Å²) in [5.74, 6) is -0.0505. The lowest BCUT2D eigenvalue weighted by atomic mass is 10.2. The largest absolute Gasteiger partial charge is 0.330 e. The third-order valence-corrected chi connectivity index (χ3v) is 3.05. The highest BCUT2D eigenvalue weighted by Crippen LogP contribution is 2.34. The van der Waals surface area contributed by atoms with Crippen LogP contribution >= 0.6 is 11.6 Å². The lowest BCUT2D eigenvalue weighted by Crippen LogP contribution is -2.35. The molecule has 0 spiro atoms. The fourth-order valence-electron chi connectivity index (χ4n) is 1.99. The molecule has 0 saturated heterocycles. The number of halogens is 1. The molecule has 18 heavy (non-hydrogen) atoms. The Morgan fingerprint density at radius 1 is 1.22 bits per heavy atom. The molecule has 1 aromatic heterocycles. The van der Waals surface area contributed by atoms with Gasteiger partial charge in [-0.15, -0.1) is 0 Å². The summed E-state index contributed by atoms with van der Waals surface area (Å²) in [5, 5.41) is 3.48. The number of hydrogen-bond acceptors (Lipinski definition) is 3. The molecule has 0 aliphatic carbocycles. The number of anilines is 3. The van der Waals surface area contributed by atoms with Crippen molar-refractivity contribution in [2.24, 2.45) is 0 Å². The molecule has 2 aromatic rings. The Labute approximate surface area is 109 Å². The first-order valence-electron chi connectivity index (χ1n) is 5.51. The predicted octanol–water partition coefficient (Wildman–Crippen LogP) is 2.83. The van der Waals surface area contributed by atoms with Crippen LogP contribution in [-0.4, -0.2) is 17.4 Å². The molecule has 5 heteroatoms. The van der Waals surface area contributed by atoms with Crippen molar-refractivity contribution >= 4 is 34.6 Å². The van der Waals surface area contributed by atoms with Crippen molar-refractivity contribution in [3.05, 3.63) is 47.7 Å². The van der Waals surface area contributed by atoms with Gasteiger partial charge in [0.1, 0.15) is 6.54 Å². The second-order valence-corrected chi connectivity index (χ2v) is 4.44. The first kappa shape index (κ1) is 11.0. The van der Waals surface area contributed by atoms with Crippen molar-refractivity contribution in [1.82, 2.24) is 4.98 Å². The maximum absolute atomic E-state index is 11.7. The van der Waals surface area contributed by atoms with Crippen molar-refractivity contribution < 1.29 is 4.79 Å². The van der Waals surface area contributed by atoms with E-state index in [9.17, 15) is 4.79 Å². The highest BCUT2D eigenvalue weighted by atomic mass is 35.5. The monoisotopic (exact) mass is 259 g/mol. The van der Waals surface area contributed by atoms with Crippen LogP contribution in [0.15, 0.2) is 42.7 Å². The lowest BCUT2D eigenvalue weighted by Gasteiger charge is -2.30. The normalized spacial score (nSPS) is 14.1. The summed E-state index contributed by atoms with van der Waals surface area (Å²) in [6.45, 7) is 0.290. The van der Waals surface area contributed by atoms with E-state index >= 15 is 0 Å². The number of carbonyl (C=O) groups excluding carboxylic acids is 1. The van der Waals surface area contributed by atoms with Gasteiger partial charge in [0.2, 0.25) is 5.91 Å². The van der Waals surface area contributed by atoms with E-state index in [2.05, 4.69) is 10.3 Å². The first-order chi connectivity index (χ1) is 8.74. The third-order valence-electron chi connectivity index (χ3n) is 2.80. The molecule has 0 atom stereocenters. The Morgan fingerprint density at radius 2 is 2.00 bits per heavy atom. The SMILES string of the molecule is O=C1CN(c2ccc(Cl)cc2)c2ccncc2N1. The number of benzene rings is 1. The van der Waals surface area contributed by atoms with Gasteiger partial charge in [0.05, 0.1) is 17.6 Å². The number of hydrogen-bond donors (Lipinski definition) is 1. The predicted molar refractivity (Wildman–Crippen MR) is 71.3 cm³/mol. The number of nitrogens with zero attached hydrogens (tertiary/aromatic N) is 2. The zero-order chi connectivity index (χ0) is 12.5. The number of nitrogens with one attached hydrogen (secondary N) is 1. The Kier molecular flexibility index (Phi) is 2.64. The number of rotatable bonds is 1. The number of aromatic nitrogens is 1. The molecule has 1 aliphatic rings. The van der Waals surface area contributed by atoms with Crippen LogP contribution in [0, 0.1) is 0 Å². The standard InChI is InChI=1S/C13H10ClN3O/c14-9-1-3-10(4-2-9)17-8-13(18)16-11-7-15-6-5-12(11)17/h1-7H,8H2,(H,16,18). The zero-order valence-electron chi connectivity index (χ0n) is 9.43. The van der Waals surface area contributed by atoms with Crippen molar-refractivity contribution in [2.45, 2.75) is 0 Å². The maximum Gasteiger partial charge on any atom is 0.244 e. The Morgan fingerprint density at radius 3 is 2.78 bits per heavy atom. The molecular weight excluding hydrogens is 250 g/mol. The van der Waals surface area contributed by atoms with E-state index < -0.39 is 0 Å². The van der Waals surface area contributed by atoms with Gasteiger partial charge in [-0.25, -0.2) is 0 Å². The van der Waals surface area contributed by atoms with Gasteiger partial charge >= 0.3 is 0 Å². The average molecular weight is 260 g/mol.